The standard InChI is InChI=1S/C18H27N3O2S/c1-15-6-7-21(16-4-2-3-5-17(16)24-15)18(23)14-20-10-8-19(9-11-20)12-13-22/h2-5,15,22H,6-14H2,1H3/t15-/m1/s1. The van der Waals surface area contributed by atoms with E-state index in [-0.39, 0.29) is 12.5 Å². The first-order chi connectivity index (χ1) is 11.7. The molecule has 1 N–H and O–H groups in total. The van der Waals surface area contributed by atoms with E-state index in [1.54, 1.807) is 0 Å². The first-order valence-corrected chi connectivity index (χ1v) is 9.67. The SMILES string of the molecule is C[C@@H]1CCN(C(=O)CN2CCN(CCO)CC2)c2ccccc2S1. The molecule has 2 aliphatic heterocycles. The van der Waals surface area contributed by atoms with Crippen molar-refractivity contribution in [2.45, 2.75) is 23.5 Å². The van der Waals surface area contributed by atoms with E-state index in [0.29, 0.717) is 11.8 Å². The van der Waals surface area contributed by atoms with Crippen LogP contribution in [0.15, 0.2) is 29.2 Å². The first-order valence-electron chi connectivity index (χ1n) is 8.79. The van der Waals surface area contributed by atoms with E-state index in [0.717, 1.165) is 51.4 Å². The summed E-state index contributed by atoms with van der Waals surface area (Å²) in [6, 6.07) is 8.25. The third-order valence-electron chi connectivity index (χ3n) is 4.78. The van der Waals surface area contributed by atoms with E-state index in [4.69, 9.17) is 5.11 Å². The van der Waals surface area contributed by atoms with Gasteiger partial charge in [-0.15, -0.1) is 11.8 Å². The summed E-state index contributed by atoms with van der Waals surface area (Å²) in [5.41, 5.74) is 1.07. The molecule has 6 heteroatoms. The Hall–Kier alpha value is -1.08. The van der Waals surface area contributed by atoms with Gasteiger partial charge in [-0.25, -0.2) is 0 Å². The smallest absolute Gasteiger partial charge is 0.241 e. The minimum atomic E-state index is 0.202. The average molecular weight is 349 g/mol. The van der Waals surface area contributed by atoms with Crippen molar-refractivity contribution in [3.8, 4) is 0 Å². The number of rotatable bonds is 4. The fraction of sp³-hybridized carbons (Fsp3) is 0.611. The van der Waals surface area contributed by atoms with Crippen LogP contribution in [0.1, 0.15) is 13.3 Å². The Balaban J connectivity index is 1.63. The Morgan fingerprint density at radius 3 is 2.62 bits per heavy atom. The van der Waals surface area contributed by atoms with Crippen LogP contribution >= 0.6 is 11.8 Å². The number of fused-ring (bicyclic) bond motifs is 1. The van der Waals surface area contributed by atoms with Gasteiger partial charge in [0.2, 0.25) is 5.91 Å². The van der Waals surface area contributed by atoms with Crippen molar-refractivity contribution in [1.82, 2.24) is 9.80 Å². The molecule has 0 aromatic heterocycles. The molecule has 2 heterocycles. The fourth-order valence-corrected chi connectivity index (χ4v) is 4.45. The van der Waals surface area contributed by atoms with Gasteiger partial charge in [-0.2, -0.15) is 0 Å². The molecule has 0 bridgehead atoms. The van der Waals surface area contributed by atoms with Gasteiger partial charge in [0.1, 0.15) is 0 Å². The van der Waals surface area contributed by atoms with Crippen molar-refractivity contribution in [1.29, 1.82) is 0 Å². The maximum atomic E-state index is 12.9. The largest absolute Gasteiger partial charge is 0.395 e. The predicted molar refractivity (Wildman–Crippen MR) is 98.7 cm³/mol. The number of anilines is 1. The van der Waals surface area contributed by atoms with E-state index in [2.05, 4.69) is 28.9 Å². The lowest BCUT2D eigenvalue weighted by Crippen LogP contribution is -2.50. The lowest BCUT2D eigenvalue weighted by atomic mass is 10.2. The van der Waals surface area contributed by atoms with Gasteiger partial charge in [-0.05, 0) is 18.6 Å². The molecular formula is C18H27N3O2S. The van der Waals surface area contributed by atoms with Gasteiger partial charge in [0.25, 0.3) is 0 Å². The second-order valence-electron chi connectivity index (χ2n) is 6.57. The van der Waals surface area contributed by atoms with Gasteiger partial charge in [-0.1, -0.05) is 19.1 Å². The van der Waals surface area contributed by atoms with E-state index in [1.165, 1.54) is 4.90 Å². The molecule has 5 nitrogen and oxygen atoms in total. The molecule has 0 spiro atoms. The monoisotopic (exact) mass is 349 g/mol. The van der Waals surface area contributed by atoms with Crippen LogP contribution in [0.2, 0.25) is 0 Å². The summed E-state index contributed by atoms with van der Waals surface area (Å²) in [7, 11) is 0. The Morgan fingerprint density at radius 2 is 1.88 bits per heavy atom. The number of nitrogens with zero attached hydrogens (tertiary/aromatic N) is 3. The lowest BCUT2D eigenvalue weighted by molar-refractivity contribution is -0.120. The maximum Gasteiger partial charge on any atom is 0.241 e. The minimum Gasteiger partial charge on any atom is -0.395 e. The number of para-hydroxylation sites is 1. The number of hydrogen-bond acceptors (Lipinski definition) is 5. The van der Waals surface area contributed by atoms with Gasteiger partial charge in [0.15, 0.2) is 0 Å². The van der Waals surface area contributed by atoms with E-state index >= 15 is 0 Å². The number of amides is 1. The van der Waals surface area contributed by atoms with Gasteiger partial charge in [0.05, 0.1) is 18.8 Å². The quantitative estimate of drug-likeness (QED) is 0.893. The summed E-state index contributed by atoms with van der Waals surface area (Å²) in [6.45, 7) is 8.10. The summed E-state index contributed by atoms with van der Waals surface area (Å²) < 4.78 is 0. The summed E-state index contributed by atoms with van der Waals surface area (Å²) in [5, 5.41) is 9.56. The number of aliphatic hydroxyl groups is 1. The molecule has 1 aromatic rings. The zero-order valence-corrected chi connectivity index (χ0v) is 15.2. The summed E-state index contributed by atoms with van der Waals surface area (Å²) in [5.74, 6) is 0.202. The number of piperazine rings is 1. The zero-order chi connectivity index (χ0) is 16.9. The minimum absolute atomic E-state index is 0.202. The van der Waals surface area contributed by atoms with E-state index in [9.17, 15) is 4.79 Å². The Labute approximate surface area is 148 Å². The van der Waals surface area contributed by atoms with Gasteiger partial charge < -0.3 is 10.0 Å². The molecule has 1 fully saturated rings. The fourth-order valence-electron chi connectivity index (χ4n) is 3.33. The first kappa shape index (κ1) is 17.7. The molecule has 1 amide bonds. The highest BCUT2D eigenvalue weighted by Crippen LogP contribution is 2.37. The van der Waals surface area contributed by atoms with Gasteiger partial charge >= 0.3 is 0 Å². The Morgan fingerprint density at radius 1 is 1.17 bits per heavy atom. The van der Waals surface area contributed by atoms with Crippen molar-refractivity contribution in [2.24, 2.45) is 0 Å². The van der Waals surface area contributed by atoms with Gasteiger partial charge in [0, 0.05) is 49.4 Å². The number of β-amino-alcohol motifs (C(OH)–C–C–N with tert-alkyl or cyclic N) is 1. The van der Waals surface area contributed by atoms with Crippen molar-refractivity contribution < 1.29 is 9.90 Å². The van der Waals surface area contributed by atoms with E-state index in [1.807, 2.05) is 28.8 Å². The zero-order valence-electron chi connectivity index (χ0n) is 14.4. The molecule has 3 rings (SSSR count). The highest BCUT2D eigenvalue weighted by Gasteiger charge is 2.26. The van der Waals surface area contributed by atoms with Crippen molar-refractivity contribution >= 4 is 23.4 Å². The molecule has 0 unspecified atom stereocenters. The second kappa shape index (κ2) is 8.34. The second-order valence-corrected chi connectivity index (χ2v) is 8.05. The van der Waals surface area contributed by atoms with Crippen LogP contribution in [0.4, 0.5) is 5.69 Å². The normalized spacial score (nSPS) is 22.9. The van der Waals surface area contributed by atoms with Crippen LogP contribution in [0.25, 0.3) is 0 Å². The lowest BCUT2D eigenvalue weighted by Gasteiger charge is -2.35. The third kappa shape index (κ3) is 4.30. The number of carbonyl (C=O) groups is 1. The molecule has 1 saturated heterocycles. The van der Waals surface area contributed by atoms with Gasteiger partial charge in [-0.3, -0.25) is 14.6 Å². The van der Waals surface area contributed by atoms with Crippen molar-refractivity contribution in [3.05, 3.63) is 24.3 Å². The topological polar surface area (TPSA) is 47.0 Å². The molecular weight excluding hydrogens is 322 g/mol. The molecule has 24 heavy (non-hydrogen) atoms. The van der Waals surface area contributed by atoms with Crippen LogP contribution in [0.5, 0.6) is 0 Å². The highest BCUT2D eigenvalue weighted by molar-refractivity contribution is 8.00. The van der Waals surface area contributed by atoms with Crippen molar-refractivity contribution in [2.75, 3.05) is 57.3 Å². The summed E-state index contributed by atoms with van der Waals surface area (Å²) in [4.78, 5) is 20.6. The molecule has 1 atom stereocenters. The number of carbonyl (C=O) groups excluding carboxylic acids is 1. The van der Waals surface area contributed by atoms with Crippen LogP contribution in [-0.4, -0.2) is 78.5 Å². The Kier molecular flexibility index (Phi) is 6.16. The van der Waals surface area contributed by atoms with Crippen LogP contribution in [-0.2, 0) is 4.79 Å². The van der Waals surface area contributed by atoms with Crippen LogP contribution < -0.4 is 4.90 Å². The predicted octanol–water partition coefficient (Wildman–Crippen LogP) is 1.51. The molecule has 0 saturated carbocycles. The number of thioether (sulfide) groups is 1. The van der Waals surface area contributed by atoms with Crippen LogP contribution in [0, 0.1) is 0 Å². The van der Waals surface area contributed by atoms with E-state index < -0.39 is 0 Å². The summed E-state index contributed by atoms with van der Waals surface area (Å²) >= 11 is 1.87. The van der Waals surface area contributed by atoms with Crippen molar-refractivity contribution in [3.63, 3.8) is 0 Å². The average Bonchev–Trinajstić information content (AvgIpc) is 2.75. The number of benzene rings is 1. The number of hydrogen-bond donors (Lipinski definition) is 1. The maximum absolute atomic E-state index is 12.9. The molecule has 132 valence electrons. The van der Waals surface area contributed by atoms with Crippen LogP contribution in [0.3, 0.4) is 0 Å². The molecule has 1 aromatic carbocycles. The molecule has 0 radical (unpaired) electrons. The molecule has 0 aliphatic carbocycles. The summed E-state index contributed by atoms with van der Waals surface area (Å²) in [6.07, 6.45) is 1.02. The Bertz CT molecular complexity index is 561. The number of aliphatic hydroxyl groups excluding tert-OH is 1. The third-order valence-corrected chi connectivity index (χ3v) is 6.02. The molecule has 2 aliphatic rings. The highest BCUT2D eigenvalue weighted by atomic mass is 32.2.